The molecule has 0 amide bonds. The summed E-state index contributed by atoms with van der Waals surface area (Å²) < 4.78 is 20.4. The topological polar surface area (TPSA) is 50.3 Å². The summed E-state index contributed by atoms with van der Waals surface area (Å²) >= 11 is 0. The van der Waals surface area contributed by atoms with E-state index in [1.54, 1.807) is 12.1 Å². The maximum atomic E-state index is 14.2. The molecule has 3 aromatic rings. The van der Waals surface area contributed by atoms with E-state index in [4.69, 9.17) is 12.6 Å². The normalized spacial score (nSPS) is 14.6. The smallest absolute Gasteiger partial charge is 0.146 e. The summed E-state index contributed by atoms with van der Waals surface area (Å²) in [6, 6.07) is 8.55. The quantitative estimate of drug-likeness (QED) is 0.441. The Balaban J connectivity index is 1.49. The van der Waals surface area contributed by atoms with Gasteiger partial charge in [-0.25, -0.2) is 14.4 Å². The van der Waals surface area contributed by atoms with Crippen molar-refractivity contribution in [3.05, 3.63) is 48.0 Å². The number of rotatable bonds is 8. The minimum Gasteiger partial charge on any atom is -0.493 e. The van der Waals surface area contributed by atoms with Gasteiger partial charge in [0, 0.05) is 18.0 Å². The highest BCUT2D eigenvalue weighted by Gasteiger charge is 2.13. The molecule has 7 heteroatoms. The van der Waals surface area contributed by atoms with Crippen molar-refractivity contribution in [2.75, 3.05) is 31.6 Å². The fraction of sp³-hybridized carbons (Fsp3) is 0.417. The number of nitrogens with one attached hydrogen (secondary N) is 1. The monoisotopic (exact) mass is 418 g/mol. The van der Waals surface area contributed by atoms with Crippen molar-refractivity contribution in [1.29, 1.82) is 0 Å². The van der Waals surface area contributed by atoms with Crippen molar-refractivity contribution < 1.29 is 9.13 Å². The predicted molar refractivity (Wildman–Crippen MR) is 124 cm³/mol. The maximum absolute atomic E-state index is 14.2. The summed E-state index contributed by atoms with van der Waals surface area (Å²) in [5.74, 6) is 0.994. The summed E-state index contributed by atoms with van der Waals surface area (Å²) in [5.41, 5.74) is 2.55. The van der Waals surface area contributed by atoms with Crippen LogP contribution in [0.5, 0.6) is 5.75 Å². The van der Waals surface area contributed by atoms with E-state index in [-0.39, 0.29) is 0 Å². The SMILES string of the molecule is [B]c1ccc(Nc2ncnc3cc(OCCCN4CCCCC4)c(CC)cc23)c(F)c1. The Morgan fingerprint density at radius 2 is 1.97 bits per heavy atom. The molecule has 2 heterocycles. The fourth-order valence-electron chi connectivity index (χ4n) is 4.05. The Labute approximate surface area is 184 Å². The molecule has 5 nitrogen and oxygen atoms in total. The summed E-state index contributed by atoms with van der Waals surface area (Å²) in [6.07, 6.45) is 7.28. The zero-order valence-corrected chi connectivity index (χ0v) is 18.0. The molecule has 2 aromatic carbocycles. The lowest BCUT2D eigenvalue weighted by Crippen LogP contribution is -2.31. The van der Waals surface area contributed by atoms with Crippen LogP contribution in [0.2, 0.25) is 0 Å². The summed E-state index contributed by atoms with van der Waals surface area (Å²) in [5, 5.41) is 3.90. The van der Waals surface area contributed by atoms with Crippen LogP contribution < -0.4 is 15.5 Å². The first-order chi connectivity index (χ1) is 15.1. The number of hydrogen-bond acceptors (Lipinski definition) is 5. The lowest BCUT2D eigenvalue weighted by Gasteiger charge is -2.26. The molecule has 1 saturated heterocycles. The fourth-order valence-corrected chi connectivity index (χ4v) is 4.05. The van der Waals surface area contributed by atoms with Gasteiger partial charge in [0.25, 0.3) is 0 Å². The Hall–Kier alpha value is -2.67. The second-order valence-electron chi connectivity index (χ2n) is 8.02. The van der Waals surface area contributed by atoms with Crippen molar-refractivity contribution >= 4 is 35.7 Å². The van der Waals surface area contributed by atoms with Crippen LogP contribution in [0.3, 0.4) is 0 Å². The number of benzene rings is 2. The largest absolute Gasteiger partial charge is 0.493 e. The first-order valence-corrected chi connectivity index (χ1v) is 11.1. The second-order valence-corrected chi connectivity index (χ2v) is 8.02. The molecule has 0 spiro atoms. The average Bonchev–Trinajstić information content (AvgIpc) is 2.79. The highest BCUT2D eigenvalue weighted by atomic mass is 19.1. The number of ether oxygens (including phenoxy) is 1. The van der Waals surface area contributed by atoms with E-state index in [9.17, 15) is 4.39 Å². The molecule has 160 valence electrons. The molecular weight excluding hydrogens is 390 g/mol. The summed E-state index contributed by atoms with van der Waals surface area (Å²) in [4.78, 5) is 11.3. The van der Waals surface area contributed by atoms with Gasteiger partial charge < -0.3 is 15.0 Å². The van der Waals surface area contributed by atoms with Gasteiger partial charge in [-0.15, -0.1) is 0 Å². The van der Waals surface area contributed by atoms with Crippen molar-refractivity contribution in [2.24, 2.45) is 0 Å². The molecule has 1 fully saturated rings. The van der Waals surface area contributed by atoms with E-state index in [2.05, 4.69) is 27.1 Å². The van der Waals surface area contributed by atoms with E-state index in [0.717, 1.165) is 41.6 Å². The second kappa shape index (κ2) is 10.1. The molecule has 1 aliphatic heterocycles. The number of fused-ring (bicyclic) bond motifs is 1. The number of hydrogen-bond donors (Lipinski definition) is 1. The number of aromatic nitrogens is 2. The first kappa shape index (κ1) is 21.6. The van der Waals surface area contributed by atoms with Gasteiger partial charge in [0.2, 0.25) is 0 Å². The van der Waals surface area contributed by atoms with Gasteiger partial charge in [0.05, 0.1) is 17.8 Å². The van der Waals surface area contributed by atoms with Crippen molar-refractivity contribution in [1.82, 2.24) is 14.9 Å². The number of anilines is 2. The molecule has 2 radical (unpaired) electrons. The Kier molecular flexibility index (Phi) is 7.02. The van der Waals surface area contributed by atoms with E-state index >= 15 is 0 Å². The van der Waals surface area contributed by atoms with E-state index < -0.39 is 5.82 Å². The minimum absolute atomic E-state index is 0.324. The molecule has 31 heavy (non-hydrogen) atoms. The first-order valence-electron chi connectivity index (χ1n) is 11.1. The number of piperidine rings is 1. The number of aryl methyl sites for hydroxylation is 1. The highest BCUT2D eigenvalue weighted by Crippen LogP contribution is 2.30. The Morgan fingerprint density at radius 1 is 1.13 bits per heavy atom. The van der Waals surface area contributed by atoms with Crippen LogP contribution >= 0.6 is 0 Å². The van der Waals surface area contributed by atoms with Crippen molar-refractivity contribution in [3.8, 4) is 5.75 Å². The van der Waals surface area contributed by atoms with E-state index in [0.29, 0.717) is 23.6 Å². The van der Waals surface area contributed by atoms with Crippen LogP contribution in [0.1, 0.15) is 38.2 Å². The summed E-state index contributed by atoms with van der Waals surface area (Å²) in [6.45, 7) is 6.27. The van der Waals surface area contributed by atoms with Crippen LogP contribution in [-0.4, -0.2) is 49.0 Å². The molecule has 0 aliphatic carbocycles. The molecule has 1 N–H and O–H groups in total. The lowest BCUT2D eigenvalue weighted by molar-refractivity contribution is 0.204. The third-order valence-corrected chi connectivity index (χ3v) is 5.77. The molecule has 1 aliphatic rings. The third kappa shape index (κ3) is 5.34. The van der Waals surface area contributed by atoms with Crippen LogP contribution in [0, 0.1) is 5.82 Å². The minimum atomic E-state index is -0.420. The predicted octanol–water partition coefficient (Wildman–Crippen LogP) is 4.12. The standard InChI is InChI=1S/C24H28BFN4O/c1-2-17-13-19-22(15-23(17)31-12-6-11-30-9-4-3-5-10-30)27-16-28-24(19)29-21-8-7-18(25)14-20(21)26/h7-8,13-16H,2-6,9-12H2,1H3,(H,27,28,29). The molecule has 4 rings (SSSR count). The van der Waals surface area contributed by atoms with Gasteiger partial charge in [-0.05, 0) is 62.5 Å². The molecule has 0 atom stereocenters. The van der Waals surface area contributed by atoms with Crippen LogP contribution in [0.4, 0.5) is 15.9 Å². The van der Waals surface area contributed by atoms with Gasteiger partial charge >= 0.3 is 0 Å². The molecule has 0 unspecified atom stereocenters. The van der Waals surface area contributed by atoms with E-state index in [1.165, 1.54) is 44.7 Å². The maximum Gasteiger partial charge on any atom is 0.146 e. The van der Waals surface area contributed by atoms with Crippen molar-refractivity contribution in [2.45, 2.75) is 39.0 Å². The average molecular weight is 418 g/mol. The van der Waals surface area contributed by atoms with Crippen LogP contribution in [0.25, 0.3) is 10.9 Å². The molecular formula is C24H28BFN4O. The Morgan fingerprint density at radius 3 is 2.74 bits per heavy atom. The third-order valence-electron chi connectivity index (χ3n) is 5.77. The van der Waals surface area contributed by atoms with Crippen LogP contribution in [0.15, 0.2) is 36.7 Å². The number of halogens is 1. The number of likely N-dealkylation sites (tertiary alicyclic amines) is 1. The zero-order valence-electron chi connectivity index (χ0n) is 18.0. The highest BCUT2D eigenvalue weighted by molar-refractivity contribution is 6.32. The van der Waals surface area contributed by atoms with Gasteiger partial charge in [0.15, 0.2) is 0 Å². The van der Waals surface area contributed by atoms with E-state index in [1.807, 2.05) is 12.1 Å². The van der Waals surface area contributed by atoms with Gasteiger partial charge in [-0.2, -0.15) is 0 Å². The molecule has 0 saturated carbocycles. The zero-order chi connectivity index (χ0) is 21.6. The number of nitrogens with zero attached hydrogens (tertiary/aromatic N) is 3. The van der Waals surface area contributed by atoms with Crippen molar-refractivity contribution in [3.63, 3.8) is 0 Å². The molecule has 0 bridgehead atoms. The Bertz CT molecular complexity index is 1040. The summed E-state index contributed by atoms with van der Waals surface area (Å²) in [7, 11) is 5.65. The van der Waals surface area contributed by atoms with Crippen LogP contribution in [-0.2, 0) is 6.42 Å². The molecule has 1 aromatic heterocycles. The van der Waals surface area contributed by atoms with Gasteiger partial charge in [0.1, 0.15) is 31.6 Å². The van der Waals surface area contributed by atoms with Gasteiger partial charge in [-0.1, -0.05) is 24.9 Å². The lowest BCUT2D eigenvalue weighted by atomic mass is 9.96. The van der Waals surface area contributed by atoms with Gasteiger partial charge in [-0.3, -0.25) is 0 Å².